The molecule has 0 radical (unpaired) electrons. The van der Waals surface area contributed by atoms with E-state index in [-0.39, 0.29) is 10.7 Å². The van der Waals surface area contributed by atoms with Crippen molar-refractivity contribution in [2.45, 2.75) is 13.1 Å². The molecule has 1 heterocycles. The van der Waals surface area contributed by atoms with Gasteiger partial charge in [-0.2, -0.15) is 18.3 Å². The minimum Gasteiger partial charge on any atom is -0.321 e. The van der Waals surface area contributed by atoms with Gasteiger partial charge >= 0.3 is 6.18 Å². The quantitative estimate of drug-likeness (QED) is 0.654. The maximum absolute atomic E-state index is 12.8. The number of carbonyl (C=O) groups excluding carboxylic acids is 1. The first-order chi connectivity index (χ1) is 12.7. The lowest BCUT2D eigenvalue weighted by Gasteiger charge is -2.12. The van der Waals surface area contributed by atoms with E-state index >= 15 is 0 Å². The Balaban J connectivity index is 1.94. The zero-order valence-corrected chi connectivity index (χ0v) is 15.2. The second kappa shape index (κ2) is 7.08. The predicted molar refractivity (Wildman–Crippen MR) is 97.8 cm³/mol. The number of benzene rings is 2. The summed E-state index contributed by atoms with van der Waals surface area (Å²) in [5.41, 5.74) is 1.60. The van der Waals surface area contributed by atoms with Crippen LogP contribution in [0.1, 0.15) is 21.6 Å². The number of nitrogens with one attached hydrogen (secondary N) is 1. The molecule has 1 aromatic heterocycles. The van der Waals surface area contributed by atoms with Crippen molar-refractivity contribution in [3.8, 4) is 11.1 Å². The topological polar surface area (TPSA) is 46.9 Å². The van der Waals surface area contributed by atoms with Gasteiger partial charge in [-0.3, -0.25) is 9.48 Å². The summed E-state index contributed by atoms with van der Waals surface area (Å²) in [5.74, 6) is -0.440. The number of aryl methyl sites for hydroxylation is 2. The van der Waals surface area contributed by atoms with Gasteiger partial charge in [0.05, 0.1) is 16.8 Å². The molecule has 0 unspecified atom stereocenters. The molecule has 0 spiro atoms. The monoisotopic (exact) mass is 393 g/mol. The van der Waals surface area contributed by atoms with Crippen LogP contribution in [0.5, 0.6) is 0 Å². The summed E-state index contributed by atoms with van der Waals surface area (Å²) < 4.78 is 39.7. The van der Waals surface area contributed by atoms with Crippen LogP contribution in [0, 0.1) is 6.92 Å². The lowest BCUT2D eigenvalue weighted by atomic mass is 10.0. The molecule has 0 aliphatic carbocycles. The third-order valence-corrected chi connectivity index (χ3v) is 4.51. The summed E-state index contributed by atoms with van der Waals surface area (Å²) in [6.45, 7) is 1.67. The van der Waals surface area contributed by atoms with Gasteiger partial charge in [-0.15, -0.1) is 0 Å². The van der Waals surface area contributed by atoms with E-state index in [9.17, 15) is 18.0 Å². The van der Waals surface area contributed by atoms with Crippen LogP contribution in [0.3, 0.4) is 0 Å². The second-order valence-corrected chi connectivity index (χ2v) is 6.31. The Morgan fingerprint density at radius 1 is 1.11 bits per heavy atom. The molecule has 4 nitrogen and oxygen atoms in total. The van der Waals surface area contributed by atoms with Crippen molar-refractivity contribution in [2.75, 3.05) is 5.32 Å². The van der Waals surface area contributed by atoms with E-state index in [4.69, 9.17) is 11.6 Å². The number of halogens is 4. The van der Waals surface area contributed by atoms with Gasteiger partial charge in [0.25, 0.3) is 5.91 Å². The number of aromatic nitrogens is 2. The summed E-state index contributed by atoms with van der Waals surface area (Å²) in [6.07, 6.45) is -4.40. The highest BCUT2D eigenvalue weighted by Crippen LogP contribution is 2.33. The third kappa shape index (κ3) is 3.83. The zero-order valence-electron chi connectivity index (χ0n) is 14.4. The maximum atomic E-state index is 12.8. The number of nitrogens with zero attached hydrogens (tertiary/aromatic N) is 2. The molecule has 1 N–H and O–H groups in total. The molecule has 140 valence electrons. The number of anilines is 1. The summed E-state index contributed by atoms with van der Waals surface area (Å²) in [7, 11) is 1.63. The Hall–Kier alpha value is -2.80. The van der Waals surface area contributed by atoms with Crippen LogP contribution in [0.4, 0.5) is 18.9 Å². The van der Waals surface area contributed by atoms with Gasteiger partial charge in [-0.25, -0.2) is 0 Å². The first-order valence-corrected chi connectivity index (χ1v) is 8.33. The average molecular weight is 394 g/mol. The van der Waals surface area contributed by atoms with Crippen LogP contribution in [0.25, 0.3) is 11.1 Å². The van der Waals surface area contributed by atoms with Gasteiger partial charge in [0.1, 0.15) is 5.15 Å². The highest BCUT2D eigenvalue weighted by Gasteiger charge is 2.30. The Kier molecular flexibility index (Phi) is 4.97. The summed E-state index contributed by atoms with van der Waals surface area (Å²) in [5, 5.41) is 7.08. The van der Waals surface area contributed by atoms with Gasteiger partial charge in [-0.1, -0.05) is 41.9 Å². The first kappa shape index (κ1) is 19.0. The largest absolute Gasteiger partial charge is 0.416 e. The standard InChI is InChI=1S/C19H15ClF3N3O/c1-11-16(17(20)26(2)25-11)18(27)24-15-6-4-3-5-14(15)12-7-9-13(10-8-12)19(21,22)23/h3-10H,1-2H3,(H,24,27). The van der Waals surface area contributed by atoms with Crippen LogP contribution in [-0.4, -0.2) is 15.7 Å². The number of para-hydroxylation sites is 1. The van der Waals surface area contributed by atoms with Crippen molar-refractivity contribution in [1.29, 1.82) is 0 Å². The normalized spacial score (nSPS) is 11.5. The lowest BCUT2D eigenvalue weighted by Crippen LogP contribution is -2.14. The number of hydrogen-bond donors (Lipinski definition) is 1. The molecule has 8 heteroatoms. The minimum atomic E-state index is -4.40. The van der Waals surface area contributed by atoms with Crippen molar-refractivity contribution >= 4 is 23.2 Å². The Labute approximate surface area is 158 Å². The molecule has 3 aromatic rings. The number of carbonyl (C=O) groups is 1. The van der Waals surface area contributed by atoms with E-state index in [1.54, 1.807) is 38.2 Å². The van der Waals surface area contributed by atoms with Crippen molar-refractivity contribution in [3.63, 3.8) is 0 Å². The molecule has 27 heavy (non-hydrogen) atoms. The SMILES string of the molecule is Cc1nn(C)c(Cl)c1C(=O)Nc1ccccc1-c1ccc(C(F)(F)F)cc1. The van der Waals surface area contributed by atoms with Crippen molar-refractivity contribution in [3.05, 3.63) is 70.5 Å². The van der Waals surface area contributed by atoms with Crippen molar-refractivity contribution in [1.82, 2.24) is 9.78 Å². The van der Waals surface area contributed by atoms with E-state index < -0.39 is 17.6 Å². The van der Waals surface area contributed by atoms with Crippen LogP contribution in [-0.2, 0) is 13.2 Å². The molecule has 3 rings (SSSR count). The number of rotatable bonds is 3. The van der Waals surface area contributed by atoms with Gasteiger partial charge in [0.2, 0.25) is 0 Å². The smallest absolute Gasteiger partial charge is 0.321 e. The highest BCUT2D eigenvalue weighted by atomic mass is 35.5. The molecule has 2 aromatic carbocycles. The lowest BCUT2D eigenvalue weighted by molar-refractivity contribution is -0.137. The Morgan fingerprint density at radius 3 is 2.30 bits per heavy atom. The van der Waals surface area contributed by atoms with Crippen LogP contribution in [0.2, 0.25) is 5.15 Å². The molecule has 0 bridgehead atoms. The van der Waals surface area contributed by atoms with Crippen molar-refractivity contribution < 1.29 is 18.0 Å². The number of hydrogen-bond acceptors (Lipinski definition) is 2. The fraction of sp³-hybridized carbons (Fsp3) is 0.158. The Bertz CT molecular complexity index is 994. The predicted octanol–water partition coefficient (Wildman–Crippen LogP) is 5.32. The van der Waals surface area contributed by atoms with Crippen LogP contribution < -0.4 is 5.32 Å². The van der Waals surface area contributed by atoms with Gasteiger partial charge < -0.3 is 5.32 Å². The van der Waals surface area contributed by atoms with E-state index in [0.717, 1.165) is 12.1 Å². The average Bonchev–Trinajstić information content (AvgIpc) is 2.87. The fourth-order valence-corrected chi connectivity index (χ4v) is 3.02. The molecular formula is C19H15ClF3N3O. The molecule has 0 saturated heterocycles. The molecule has 0 aliphatic heterocycles. The Morgan fingerprint density at radius 2 is 1.74 bits per heavy atom. The number of alkyl halides is 3. The molecule has 0 saturated carbocycles. The zero-order chi connectivity index (χ0) is 19.8. The minimum absolute atomic E-state index is 0.206. The van der Waals surface area contributed by atoms with Gasteiger partial charge in [-0.05, 0) is 30.7 Å². The van der Waals surface area contributed by atoms with E-state index in [1.807, 2.05) is 0 Å². The second-order valence-electron chi connectivity index (χ2n) is 5.95. The van der Waals surface area contributed by atoms with E-state index in [1.165, 1.54) is 16.8 Å². The molecule has 0 fully saturated rings. The van der Waals surface area contributed by atoms with Crippen LogP contribution >= 0.6 is 11.6 Å². The molecule has 0 aliphatic rings. The highest BCUT2D eigenvalue weighted by molar-refractivity contribution is 6.33. The summed E-state index contributed by atoms with van der Waals surface area (Å²) >= 11 is 6.13. The van der Waals surface area contributed by atoms with Gasteiger partial charge in [0.15, 0.2) is 0 Å². The number of amides is 1. The first-order valence-electron chi connectivity index (χ1n) is 7.95. The molecular weight excluding hydrogens is 379 g/mol. The van der Waals surface area contributed by atoms with Gasteiger partial charge in [0, 0.05) is 18.3 Å². The summed E-state index contributed by atoms with van der Waals surface area (Å²) in [4.78, 5) is 12.6. The maximum Gasteiger partial charge on any atom is 0.416 e. The van der Waals surface area contributed by atoms with E-state index in [0.29, 0.717) is 22.5 Å². The molecule has 1 amide bonds. The molecule has 0 atom stereocenters. The third-order valence-electron chi connectivity index (χ3n) is 4.08. The van der Waals surface area contributed by atoms with Crippen molar-refractivity contribution in [2.24, 2.45) is 7.05 Å². The van der Waals surface area contributed by atoms with Crippen LogP contribution in [0.15, 0.2) is 48.5 Å². The van der Waals surface area contributed by atoms with E-state index in [2.05, 4.69) is 10.4 Å². The summed E-state index contributed by atoms with van der Waals surface area (Å²) in [6, 6.07) is 11.6. The fourth-order valence-electron chi connectivity index (χ4n) is 2.76.